The number of amides is 1. The van der Waals surface area contributed by atoms with E-state index in [2.05, 4.69) is 5.10 Å². The first-order valence-corrected chi connectivity index (χ1v) is 7.66. The van der Waals surface area contributed by atoms with Gasteiger partial charge in [-0.2, -0.15) is 10.1 Å². The van der Waals surface area contributed by atoms with E-state index < -0.39 is 12.6 Å². The lowest BCUT2D eigenvalue weighted by atomic mass is 10.1. The molecule has 1 aliphatic rings. The summed E-state index contributed by atoms with van der Waals surface area (Å²) in [6.45, 7) is 1.40. The molecule has 0 unspecified atom stereocenters. The van der Waals surface area contributed by atoms with Crippen molar-refractivity contribution >= 4 is 29.4 Å². The van der Waals surface area contributed by atoms with E-state index in [0.717, 1.165) is 5.56 Å². The van der Waals surface area contributed by atoms with E-state index in [1.165, 1.54) is 5.01 Å². The van der Waals surface area contributed by atoms with Gasteiger partial charge in [0.1, 0.15) is 5.75 Å². The Labute approximate surface area is 144 Å². The van der Waals surface area contributed by atoms with Crippen LogP contribution in [0.5, 0.6) is 5.75 Å². The Balaban J connectivity index is 1.78. The van der Waals surface area contributed by atoms with Crippen LogP contribution in [0.25, 0.3) is 6.08 Å². The molecule has 1 heterocycles. The van der Waals surface area contributed by atoms with Gasteiger partial charge in [0, 0.05) is 0 Å². The first-order valence-electron chi connectivity index (χ1n) is 7.66. The molecule has 0 spiro atoms. The number of carbonyl (C=O) groups is 2. The highest BCUT2D eigenvalue weighted by atomic mass is 16.5. The summed E-state index contributed by atoms with van der Waals surface area (Å²) >= 11 is 0. The second-order valence-corrected chi connectivity index (χ2v) is 5.45. The van der Waals surface area contributed by atoms with Crippen LogP contribution in [-0.4, -0.2) is 29.3 Å². The monoisotopic (exact) mass is 336 g/mol. The number of carbonyl (C=O) groups excluding carboxylic acids is 1. The average Bonchev–Trinajstić information content (AvgIpc) is 2.90. The number of ether oxygens (including phenoxy) is 1. The number of anilines is 1. The molecule has 1 aliphatic heterocycles. The first-order chi connectivity index (χ1) is 12.0. The largest absolute Gasteiger partial charge is 0.482 e. The number of benzene rings is 2. The number of hydrogen-bond acceptors (Lipinski definition) is 4. The van der Waals surface area contributed by atoms with Crippen molar-refractivity contribution in [1.29, 1.82) is 0 Å². The van der Waals surface area contributed by atoms with Crippen molar-refractivity contribution in [2.75, 3.05) is 11.6 Å². The van der Waals surface area contributed by atoms with Gasteiger partial charge in [0.15, 0.2) is 6.61 Å². The van der Waals surface area contributed by atoms with Crippen LogP contribution in [0.3, 0.4) is 0 Å². The van der Waals surface area contributed by atoms with Crippen molar-refractivity contribution in [2.24, 2.45) is 5.10 Å². The molecule has 0 saturated heterocycles. The lowest BCUT2D eigenvalue weighted by Gasteiger charge is -2.11. The molecule has 6 nitrogen and oxygen atoms in total. The molecule has 25 heavy (non-hydrogen) atoms. The maximum atomic E-state index is 12.6. The zero-order valence-corrected chi connectivity index (χ0v) is 13.5. The van der Waals surface area contributed by atoms with Gasteiger partial charge in [0.25, 0.3) is 5.91 Å². The van der Waals surface area contributed by atoms with Crippen LogP contribution in [0, 0.1) is 0 Å². The number of aliphatic carboxylic acids is 1. The molecule has 2 aromatic rings. The number of para-hydroxylation sites is 1. The van der Waals surface area contributed by atoms with Crippen LogP contribution in [0.1, 0.15) is 12.5 Å². The number of carboxylic acids is 1. The predicted octanol–water partition coefficient (Wildman–Crippen LogP) is 2.96. The van der Waals surface area contributed by atoms with Crippen molar-refractivity contribution < 1.29 is 19.4 Å². The Bertz CT molecular complexity index is 855. The fourth-order valence-electron chi connectivity index (χ4n) is 2.40. The Morgan fingerprint density at radius 2 is 1.84 bits per heavy atom. The van der Waals surface area contributed by atoms with E-state index in [1.54, 1.807) is 37.3 Å². The topological polar surface area (TPSA) is 79.2 Å². The van der Waals surface area contributed by atoms with Gasteiger partial charge in [-0.15, -0.1) is 0 Å². The first kappa shape index (κ1) is 16.4. The van der Waals surface area contributed by atoms with Gasteiger partial charge in [-0.1, -0.05) is 30.3 Å². The third kappa shape index (κ3) is 3.74. The molecule has 0 fully saturated rings. The van der Waals surface area contributed by atoms with Crippen LogP contribution in [0.4, 0.5) is 5.69 Å². The highest BCUT2D eigenvalue weighted by molar-refractivity contribution is 6.32. The fraction of sp³-hybridized carbons (Fsp3) is 0.105. The van der Waals surface area contributed by atoms with E-state index in [9.17, 15) is 9.59 Å². The molecular weight excluding hydrogens is 320 g/mol. The van der Waals surface area contributed by atoms with Crippen molar-refractivity contribution in [3.63, 3.8) is 0 Å². The summed E-state index contributed by atoms with van der Waals surface area (Å²) in [6, 6.07) is 16.1. The van der Waals surface area contributed by atoms with Crippen LogP contribution in [0.2, 0.25) is 0 Å². The Hall–Kier alpha value is -3.41. The molecule has 0 atom stereocenters. The molecule has 0 radical (unpaired) electrons. The summed E-state index contributed by atoms with van der Waals surface area (Å²) in [7, 11) is 0. The van der Waals surface area contributed by atoms with Crippen molar-refractivity contribution in [3.05, 3.63) is 65.7 Å². The van der Waals surface area contributed by atoms with Gasteiger partial charge < -0.3 is 9.84 Å². The highest BCUT2D eigenvalue weighted by Crippen LogP contribution is 2.25. The van der Waals surface area contributed by atoms with E-state index in [0.29, 0.717) is 22.7 Å². The number of carboxylic acid groups (broad SMARTS) is 1. The minimum atomic E-state index is -1.03. The van der Waals surface area contributed by atoms with Gasteiger partial charge in [-0.3, -0.25) is 4.79 Å². The lowest BCUT2D eigenvalue weighted by Crippen LogP contribution is -2.21. The SMILES string of the molecule is CC1=NN(c2ccccc2)C(=O)C1=Cc1ccc(OCC(=O)O)cc1. The molecule has 3 rings (SSSR count). The molecule has 0 saturated carbocycles. The Morgan fingerprint density at radius 1 is 1.16 bits per heavy atom. The van der Waals surface area contributed by atoms with Crippen LogP contribution < -0.4 is 9.75 Å². The van der Waals surface area contributed by atoms with Crippen molar-refractivity contribution in [1.82, 2.24) is 0 Å². The molecule has 0 aromatic heterocycles. The Morgan fingerprint density at radius 3 is 2.48 bits per heavy atom. The van der Waals surface area contributed by atoms with E-state index in [-0.39, 0.29) is 5.91 Å². The fourth-order valence-corrected chi connectivity index (χ4v) is 2.40. The number of nitrogens with zero attached hydrogens (tertiary/aromatic N) is 2. The zero-order chi connectivity index (χ0) is 17.8. The van der Waals surface area contributed by atoms with Crippen molar-refractivity contribution in [2.45, 2.75) is 6.92 Å². The standard InChI is InChI=1S/C19H16N2O4/c1-13-17(19(24)21(20-13)15-5-3-2-4-6-15)11-14-7-9-16(10-8-14)25-12-18(22)23/h2-11H,12H2,1H3,(H,22,23). The number of hydrogen-bond donors (Lipinski definition) is 1. The molecular formula is C19H16N2O4. The van der Waals surface area contributed by atoms with Gasteiger partial charge in [0.2, 0.25) is 0 Å². The van der Waals surface area contributed by atoms with Gasteiger partial charge in [-0.05, 0) is 42.8 Å². The smallest absolute Gasteiger partial charge is 0.341 e. The minimum Gasteiger partial charge on any atom is -0.482 e. The van der Waals surface area contributed by atoms with Crippen LogP contribution >= 0.6 is 0 Å². The van der Waals surface area contributed by atoms with Crippen LogP contribution in [-0.2, 0) is 9.59 Å². The highest BCUT2D eigenvalue weighted by Gasteiger charge is 2.28. The van der Waals surface area contributed by atoms with Gasteiger partial charge in [-0.25, -0.2) is 4.79 Å². The average molecular weight is 336 g/mol. The van der Waals surface area contributed by atoms with E-state index in [1.807, 2.05) is 30.3 Å². The molecule has 0 aliphatic carbocycles. The number of hydrazone groups is 1. The van der Waals surface area contributed by atoms with Crippen molar-refractivity contribution in [3.8, 4) is 5.75 Å². The second-order valence-electron chi connectivity index (χ2n) is 5.45. The normalized spacial score (nSPS) is 15.4. The summed E-state index contributed by atoms with van der Waals surface area (Å²) in [6.07, 6.45) is 1.76. The quantitative estimate of drug-likeness (QED) is 0.852. The maximum absolute atomic E-state index is 12.6. The summed E-state index contributed by atoms with van der Waals surface area (Å²) in [5, 5.41) is 14.3. The zero-order valence-electron chi connectivity index (χ0n) is 13.5. The predicted molar refractivity (Wildman–Crippen MR) is 94.6 cm³/mol. The summed E-state index contributed by atoms with van der Waals surface area (Å²) in [5.74, 6) is -0.760. The number of rotatable bonds is 5. The molecule has 2 aromatic carbocycles. The maximum Gasteiger partial charge on any atom is 0.341 e. The van der Waals surface area contributed by atoms with Gasteiger partial charge >= 0.3 is 5.97 Å². The third-order valence-electron chi connectivity index (χ3n) is 3.62. The molecule has 1 N–H and O–H groups in total. The molecule has 1 amide bonds. The van der Waals surface area contributed by atoms with E-state index in [4.69, 9.17) is 9.84 Å². The summed E-state index contributed by atoms with van der Waals surface area (Å²) in [5.41, 5.74) is 2.67. The third-order valence-corrected chi connectivity index (χ3v) is 3.62. The molecule has 126 valence electrons. The lowest BCUT2D eigenvalue weighted by molar-refractivity contribution is -0.139. The van der Waals surface area contributed by atoms with Crippen LogP contribution in [0.15, 0.2) is 65.3 Å². The minimum absolute atomic E-state index is 0.185. The molecule has 6 heteroatoms. The Kier molecular flexibility index (Phi) is 4.61. The summed E-state index contributed by atoms with van der Waals surface area (Å²) in [4.78, 5) is 23.1. The molecule has 0 bridgehead atoms. The van der Waals surface area contributed by atoms with E-state index >= 15 is 0 Å². The second kappa shape index (κ2) is 7.00. The van der Waals surface area contributed by atoms with Gasteiger partial charge in [0.05, 0.1) is 17.0 Å². The summed E-state index contributed by atoms with van der Waals surface area (Å²) < 4.78 is 5.09.